The average Bonchev–Trinajstić information content (AvgIpc) is 2.81. The molecule has 2 rings (SSSR count). The summed E-state index contributed by atoms with van der Waals surface area (Å²) in [5.74, 6) is 0.366. The van der Waals surface area contributed by atoms with Gasteiger partial charge in [-0.05, 0) is 30.9 Å². The molecular formula is C13H17FO3. The highest BCUT2D eigenvalue weighted by Gasteiger charge is 2.22. The van der Waals surface area contributed by atoms with Crippen molar-refractivity contribution in [2.24, 2.45) is 5.92 Å². The van der Waals surface area contributed by atoms with Crippen molar-refractivity contribution < 1.29 is 19.0 Å². The summed E-state index contributed by atoms with van der Waals surface area (Å²) in [7, 11) is 1.49. The second kappa shape index (κ2) is 5.47. The Morgan fingerprint density at radius 1 is 1.59 bits per heavy atom. The van der Waals surface area contributed by atoms with Crippen molar-refractivity contribution in [1.82, 2.24) is 0 Å². The minimum absolute atomic E-state index is 0.325. The van der Waals surface area contributed by atoms with Crippen LogP contribution < -0.4 is 4.74 Å². The highest BCUT2D eigenvalue weighted by Crippen LogP contribution is 2.29. The summed E-state index contributed by atoms with van der Waals surface area (Å²) >= 11 is 0. The molecular weight excluding hydrogens is 223 g/mol. The quantitative estimate of drug-likeness (QED) is 0.877. The zero-order valence-electron chi connectivity index (χ0n) is 9.86. The molecule has 1 saturated heterocycles. The van der Waals surface area contributed by atoms with Crippen LogP contribution in [0.15, 0.2) is 18.2 Å². The van der Waals surface area contributed by atoms with E-state index in [1.54, 1.807) is 12.1 Å². The minimum atomic E-state index is -0.771. The van der Waals surface area contributed by atoms with Crippen molar-refractivity contribution in [3.05, 3.63) is 29.6 Å². The van der Waals surface area contributed by atoms with Gasteiger partial charge in [-0.3, -0.25) is 0 Å². The second-order valence-corrected chi connectivity index (χ2v) is 4.37. The van der Waals surface area contributed by atoms with E-state index >= 15 is 0 Å². The van der Waals surface area contributed by atoms with Gasteiger partial charge in [-0.25, -0.2) is 4.39 Å². The molecule has 0 radical (unpaired) electrons. The van der Waals surface area contributed by atoms with Crippen LogP contribution in [0.2, 0.25) is 0 Å². The van der Waals surface area contributed by atoms with E-state index in [9.17, 15) is 9.50 Å². The molecule has 1 N–H and O–H groups in total. The molecule has 1 aliphatic heterocycles. The van der Waals surface area contributed by atoms with Crippen LogP contribution in [0.4, 0.5) is 4.39 Å². The predicted octanol–water partition coefficient (Wildman–Crippen LogP) is 2.29. The van der Waals surface area contributed by atoms with Crippen LogP contribution in [-0.2, 0) is 4.74 Å². The molecule has 94 valence electrons. The Bertz CT molecular complexity index is 375. The summed E-state index contributed by atoms with van der Waals surface area (Å²) in [5, 5.41) is 9.99. The van der Waals surface area contributed by atoms with Crippen molar-refractivity contribution in [3.8, 4) is 5.75 Å². The number of rotatable bonds is 4. The fourth-order valence-corrected chi connectivity index (χ4v) is 2.12. The summed E-state index contributed by atoms with van der Waals surface area (Å²) in [4.78, 5) is 0. The summed E-state index contributed by atoms with van der Waals surface area (Å²) in [5.41, 5.74) is 0.331. The minimum Gasteiger partial charge on any atom is -0.497 e. The van der Waals surface area contributed by atoms with Crippen molar-refractivity contribution in [3.63, 3.8) is 0 Å². The maximum absolute atomic E-state index is 13.7. The summed E-state index contributed by atoms with van der Waals surface area (Å²) in [6, 6.07) is 4.53. The molecule has 0 amide bonds. The van der Waals surface area contributed by atoms with E-state index in [-0.39, 0.29) is 0 Å². The lowest BCUT2D eigenvalue weighted by molar-refractivity contribution is 0.126. The maximum atomic E-state index is 13.7. The Labute approximate surface area is 100 Å². The lowest BCUT2D eigenvalue weighted by Gasteiger charge is -2.15. The Hall–Kier alpha value is -1.13. The second-order valence-electron chi connectivity index (χ2n) is 4.37. The van der Waals surface area contributed by atoms with Gasteiger partial charge in [0.15, 0.2) is 0 Å². The number of benzene rings is 1. The molecule has 0 aromatic heterocycles. The highest BCUT2D eigenvalue weighted by molar-refractivity contribution is 5.30. The van der Waals surface area contributed by atoms with Crippen molar-refractivity contribution in [2.45, 2.75) is 18.9 Å². The zero-order valence-corrected chi connectivity index (χ0v) is 9.86. The number of hydrogen-bond donors (Lipinski definition) is 1. The van der Waals surface area contributed by atoms with Gasteiger partial charge in [0.05, 0.1) is 13.2 Å². The van der Waals surface area contributed by atoms with E-state index in [1.165, 1.54) is 13.2 Å². The SMILES string of the molecule is COc1ccc(C(O)CC2CCOC2)c(F)c1. The van der Waals surface area contributed by atoms with Crippen molar-refractivity contribution >= 4 is 0 Å². The van der Waals surface area contributed by atoms with E-state index in [4.69, 9.17) is 9.47 Å². The molecule has 1 aromatic carbocycles. The van der Waals surface area contributed by atoms with Crippen LogP contribution in [-0.4, -0.2) is 25.4 Å². The molecule has 1 fully saturated rings. The predicted molar refractivity (Wildman–Crippen MR) is 61.5 cm³/mol. The fraction of sp³-hybridized carbons (Fsp3) is 0.538. The molecule has 17 heavy (non-hydrogen) atoms. The van der Waals surface area contributed by atoms with Crippen LogP contribution >= 0.6 is 0 Å². The molecule has 1 heterocycles. The molecule has 1 aromatic rings. The standard InChI is InChI=1S/C13H17FO3/c1-16-10-2-3-11(12(14)7-10)13(15)6-9-4-5-17-8-9/h2-3,7,9,13,15H,4-6,8H2,1H3. The van der Waals surface area contributed by atoms with Crippen LogP contribution in [0.5, 0.6) is 5.75 Å². The molecule has 3 nitrogen and oxygen atoms in total. The van der Waals surface area contributed by atoms with Gasteiger partial charge in [-0.1, -0.05) is 0 Å². The highest BCUT2D eigenvalue weighted by atomic mass is 19.1. The van der Waals surface area contributed by atoms with Crippen LogP contribution in [0, 0.1) is 11.7 Å². The van der Waals surface area contributed by atoms with Gasteiger partial charge in [0.1, 0.15) is 11.6 Å². The van der Waals surface area contributed by atoms with Crippen molar-refractivity contribution in [2.75, 3.05) is 20.3 Å². The van der Waals surface area contributed by atoms with Gasteiger partial charge >= 0.3 is 0 Å². The Morgan fingerprint density at radius 2 is 2.41 bits per heavy atom. The van der Waals surface area contributed by atoms with E-state index in [0.717, 1.165) is 13.0 Å². The zero-order chi connectivity index (χ0) is 12.3. The first-order chi connectivity index (χ1) is 8.20. The Morgan fingerprint density at radius 3 is 3.00 bits per heavy atom. The molecule has 0 bridgehead atoms. The molecule has 1 aliphatic rings. The van der Waals surface area contributed by atoms with Gasteiger partial charge < -0.3 is 14.6 Å². The van der Waals surface area contributed by atoms with Gasteiger partial charge in [0.25, 0.3) is 0 Å². The van der Waals surface area contributed by atoms with Gasteiger partial charge in [-0.15, -0.1) is 0 Å². The number of hydrogen-bond acceptors (Lipinski definition) is 3. The topological polar surface area (TPSA) is 38.7 Å². The largest absolute Gasteiger partial charge is 0.497 e. The van der Waals surface area contributed by atoms with Gasteiger partial charge in [-0.2, -0.15) is 0 Å². The number of aliphatic hydroxyl groups excluding tert-OH is 1. The third-order valence-corrected chi connectivity index (χ3v) is 3.15. The first-order valence-electron chi connectivity index (χ1n) is 5.80. The molecule has 0 saturated carbocycles. The van der Waals surface area contributed by atoms with Crippen molar-refractivity contribution in [1.29, 1.82) is 0 Å². The molecule has 2 unspecified atom stereocenters. The third kappa shape index (κ3) is 2.96. The molecule has 0 aliphatic carbocycles. The first kappa shape index (κ1) is 12.3. The lowest BCUT2D eigenvalue weighted by atomic mass is 9.96. The van der Waals surface area contributed by atoms with Gasteiger partial charge in [0, 0.05) is 24.8 Å². The Kier molecular flexibility index (Phi) is 3.97. The lowest BCUT2D eigenvalue weighted by Crippen LogP contribution is -2.08. The summed E-state index contributed by atoms with van der Waals surface area (Å²) < 4.78 is 23.8. The summed E-state index contributed by atoms with van der Waals surface area (Å²) in [6.45, 7) is 1.40. The number of aliphatic hydroxyl groups is 1. The molecule has 2 atom stereocenters. The molecule has 4 heteroatoms. The van der Waals surface area contributed by atoms with E-state index in [0.29, 0.717) is 30.3 Å². The van der Waals surface area contributed by atoms with E-state index in [2.05, 4.69) is 0 Å². The van der Waals surface area contributed by atoms with Crippen LogP contribution in [0.1, 0.15) is 24.5 Å². The van der Waals surface area contributed by atoms with Gasteiger partial charge in [0.2, 0.25) is 0 Å². The summed E-state index contributed by atoms with van der Waals surface area (Å²) in [6.07, 6.45) is 0.713. The maximum Gasteiger partial charge on any atom is 0.132 e. The van der Waals surface area contributed by atoms with E-state index in [1.807, 2.05) is 0 Å². The average molecular weight is 240 g/mol. The normalized spacial score (nSPS) is 21.5. The van der Waals surface area contributed by atoms with E-state index < -0.39 is 11.9 Å². The molecule has 0 spiro atoms. The first-order valence-corrected chi connectivity index (χ1v) is 5.80. The monoisotopic (exact) mass is 240 g/mol. The fourth-order valence-electron chi connectivity index (χ4n) is 2.12. The number of methoxy groups -OCH3 is 1. The third-order valence-electron chi connectivity index (χ3n) is 3.15. The number of halogens is 1. The number of ether oxygens (including phenoxy) is 2. The van der Waals surface area contributed by atoms with Crippen LogP contribution in [0.25, 0.3) is 0 Å². The Balaban J connectivity index is 2.04. The smallest absolute Gasteiger partial charge is 0.132 e. The van der Waals surface area contributed by atoms with Crippen LogP contribution in [0.3, 0.4) is 0 Å².